The smallest absolute Gasteiger partial charge is 0.410 e. The van der Waals surface area contributed by atoms with Gasteiger partial charge in [-0.05, 0) is 12.5 Å². The lowest BCUT2D eigenvalue weighted by atomic mass is 9.96. The molecule has 0 saturated carbocycles. The Hall–Kier alpha value is -1.55. The molecule has 1 aromatic carbocycles. The zero-order valence-electron chi connectivity index (χ0n) is 10.0. The van der Waals surface area contributed by atoms with Gasteiger partial charge in [0.25, 0.3) is 0 Å². The molecule has 1 saturated heterocycles. The van der Waals surface area contributed by atoms with Gasteiger partial charge in [-0.3, -0.25) is 0 Å². The van der Waals surface area contributed by atoms with Crippen LogP contribution in [0.4, 0.5) is 4.79 Å². The fraction of sp³-hybridized carbons (Fsp3) is 0.462. The number of carbonyl (C=O) groups is 1. The summed E-state index contributed by atoms with van der Waals surface area (Å²) in [5.74, 6) is 0. The van der Waals surface area contributed by atoms with Crippen LogP contribution in [-0.2, 0) is 4.74 Å². The summed E-state index contributed by atoms with van der Waals surface area (Å²) in [5.41, 5.74) is 1.07. The second kappa shape index (κ2) is 4.75. The van der Waals surface area contributed by atoms with Gasteiger partial charge in [0.05, 0.1) is 12.1 Å². The SMILES string of the molecule is C[C@@H](O)[C@H]1C[C@H](c2ccccc2)N(C)C(=O)O1. The van der Waals surface area contributed by atoms with E-state index in [-0.39, 0.29) is 12.1 Å². The molecule has 0 spiro atoms. The van der Waals surface area contributed by atoms with Gasteiger partial charge < -0.3 is 14.7 Å². The van der Waals surface area contributed by atoms with E-state index in [1.807, 2.05) is 30.3 Å². The van der Waals surface area contributed by atoms with Gasteiger partial charge in [0, 0.05) is 13.5 Å². The van der Waals surface area contributed by atoms with Crippen LogP contribution in [0.3, 0.4) is 0 Å². The van der Waals surface area contributed by atoms with Crippen molar-refractivity contribution in [2.75, 3.05) is 7.05 Å². The topological polar surface area (TPSA) is 49.8 Å². The number of hydrogen-bond donors (Lipinski definition) is 1. The zero-order valence-corrected chi connectivity index (χ0v) is 10.0. The van der Waals surface area contributed by atoms with Crippen LogP contribution >= 0.6 is 0 Å². The van der Waals surface area contributed by atoms with E-state index in [9.17, 15) is 9.90 Å². The quantitative estimate of drug-likeness (QED) is 0.852. The molecule has 17 heavy (non-hydrogen) atoms. The minimum Gasteiger partial charge on any atom is -0.443 e. The number of aliphatic hydroxyl groups is 1. The first kappa shape index (κ1) is 11.9. The second-order valence-electron chi connectivity index (χ2n) is 4.44. The molecular formula is C13H17NO3. The summed E-state index contributed by atoms with van der Waals surface area (Å²) in [6.45, 7) is 1.64. The lowest BCUT2D eigenvalue weighted by Crippen LogP contribution is -2.45. The predicted octanol–water partition coefficient (Wildman–Crippen LogP) is 1.95. The van der Waals surface area contributed by atoms with Gasteiger partial charge in [-0.2, -0.15) is 0 Å². The van der Waals surface area contributed by atoms with E-state index >= 15 is 0 Å². The Morgan fingerprint density at radius 3 is 2.65 bits per heavy atom. The highest BCUT2D eigenvalue weighted by atomic mass is 16.6. The monoisotopic (exact) mass is 235 g/mol. The summed E-state index contributed by atoms with van der Waals surface area (Å²) in [6, 6.07) is 9.77. The molecule has 0 bridgehead atoms. The van der Waals surface area contributed by atoms with Crippen LogP contribution in [0.25, 0.3) is 0 Å². The molecule has 1 N–H and O–H groups in total. The molecule has 1 aliphatic heterocycles. The van der Waals surface area contributed by atoms with E-state index in [4.69, 9.17) is 4.74 Å². The van der Waals surface area contributed by atoms with Crippen molar-refractivity contribution in [3.8, 4) is 0 Å². The number of cyclic esters (lactones) is 1. The Balaban J connectivity index is 2.23. The van der Waals surface area contributed by atoms with Crippen LogP contribution in [0, 0.1) is 0 Å². The highest BCUT2D eigenvalue weighted by molar-refractivity contribution is 5.69. The summed E-state index contributed by atoms with van der Waals surface area (Å²) >= 11 is 0. The van der Waals surface area contributed by atoms with E-state index in [0.717, 1.165) is 5.56 Å². The van der Waals surface area contributed by atoms with Crippen LogP contribution in [-0.4, -0.2) is 35.4 Å². The predicted molar refractivity (Wildman–Crippen MR) is 63.5 cm³/mol. The van der Waals surface area contributed by atoms with Crippen molar-refractivity contribution in [2.45, 2.75) is 31.6 Å². The maximum Gasteiger partial charge on any atom is 0.410 e. The molecule has 3 atom stereocenters. The Morgan fingerprint density at radius 2 is 2.06 bits per heavy atom. The number of carbonyl (C=O) groups excluding carboxylic acids is 1. The summed E-state index contributed by atoms with van der Waals surface area (Å²) in [7, 11) is 1.72. The van der Waals surface area contributed by atoms with Crippen molar-refractivity contribution in [1.29, 1.82) is 0 Å². The molecule has 0 aromatic heterocycles. The summed E-state index contributed by atoms with van der Waals surface area (Å²) in [6.07, 6.45) is -0.831. The van der Waals surface area contributed by atoms with Crippen molar-refractivity contribution in [1.82, 2.24) is 4.90 Å². The summed E-state index contributed by atoms with van der Waals surface area (Å²) in [5, 5.41) is 9.55. The van der Waals surface area contributed by atoms with Gasteiger partial charge in [-0.25, -0.2) is 4.79 Å². The number of amides is 1. The zero-order chi connectivity index (χ0) is 12.4. The highest BCUT2D eigenvalue weighted by Gasteiger charge is 2.35. The van der Waals surface area contributed by atoms with Gasteiger partial charge in [0.15, 0.2) is 0 Å². The maximum absolute atomic E-state index is 11.7. The molecule has 1 aliphatic rings. The van der Waals surface area contributed by atoms with E-state index in [1.54, 1.807) is 18.9 Å². The number of ether oxygens (including phenoxy) is 1. The molecule has 92 valence electrons. The molecule has 1 aromatic rings. The van der Waals surface area contributed by atoms with Gasteiger partial charge in [0.2, 0.25) is 0 Å². The molecular weight excluding hydrogens is 218 g/mol. The third-order valence-electron chi connectivity index (χ3n) is 3.19. The first-order chi connectivity index (χ1) is 8.09. The Morgan fingerprint density at radius 1 is 1.41 bits per heavy atom. The summed E-state index contributed by atoms with van der Waals surface area (Å²) < 4.78 is 5.15. The Labute approximate surface area is 101 Å². The maximum atomic E-state index is 11.7. The third kappa shape index (κ3) is 2.42. The Kier molecular flexibility index (Phi) is 3.33. The largest absolute Gasteiger partial charge is 0.443 e. The van der Waals surface area contributed by atoms with Crippen molar-refractivity contribution in [3.63, 3.8) is 0 Å². The lowest BCUT2D eigenvalue weighted by molar-refractivity contribution is -0.0472. The van der Waals surface area contributed by atoms with Crippen molar-refractivity contribution < 1.29 is 14.6 Å². The summed E-state index contributed by atoms with van der Waals surface area (Å²) in [4.78, 5) is 13.3. The molecule has 1 amide bonds. The molecule has 0 aliphatic carbocycles. The molecule has 0 radical (unpaired) electrons. The number of rotatable bonds is 2. The minimum absolute atomic E-state index is 0.0305. The van der Waals surface area contributed by atoms with E-state index in [1.165, 1.54) is 0 Å². The van der Waals surface area contributed by atoms with Crippen LogP contribution in [0.5, 0.6) is 0 Å². The lowest BCUT2D eigenvalue weighted by Gasteiger charge is -2.37. The number of nitrogens with zero attached hydrogens (tertiary/aromatic N) is 1. The Bertz CT molecular complexity index is 391. The number of hydrogen-bond acceptors (Lipinski definition) is 3. The van der Waals surface area contributed by atoms with Crippen molar-refractivity contribution in [3.05, 3.63) is 35.9 Å². The average molecular weight is 235 g/mol. The van der Waals surface area contributed by atoms with Crippen LogP contribution in [0.2, 0.25) is 0 Å². The fourth-order valence-electron chi connectivity index (χ4n) is 2.10. The fourth-order valence-corrected chi connectivity index (χ4v) is 2.10. The van der Waals surface area contributed by atoms with Gasteiger partial charge in [-0.1, -0.05) is 30.3 Å². The molecule has 4 heteroatoms. The van der Waals surface area contributed by atoms with E-state index in [0.29, 0.717) is 6.42 Å². The molecule has 1 heterocycles. The van der Waals surface area contributed by atoms with Crippen LogP contribution < -0.4 is 0 Å². The highest BCUT2D eigenvalue weighted by Crippen LogP contribution is 2.31. The van der Waals surface area contributed by atoms with Crippen molar-refractivity contribution in [2.24, 2.45) is 0 Å². The van der Waals surface area contributed by atoms with E-state index < -0.39 is 12.2 Å². The van der Waals surface area contributed by atoms with Crippen molar-refractivity contribution >= 4 is 6.09 Å². The third-order valence-corrected chi connectivity index (χ3v) is 3.19. The van der Waals surface area contributed by atoms with Gasteiger partial charge in [0.1, 0.15) is 6.10 Å². The first-order valence-electron chi connectivity index (χ1n) is 5.76. The number of benzene rings is 1. The number of aliphatic hydroxyl groups excluding tert-OH is 1. The molecule has 4 nitrogen and oxygen atoms in total. The molecule has 0 unspecified atom stereocenters. The standard InChI is InChI=1S/C13H17NO3/c1-9(15)12-8-11(14(2)13(16)17-12)10-6-4-3-5-7-10/h3-7,9,11-12,15H,8H2,1-2H3/t9-,11-,12-/m1/s1. The van der Waals surface area contributed by atoms with Crippen LogP contribution in [0.1, 0.15) is 24.9 Å². The van der Waals surface area contributed by atoms with Gasteiger partial charge >= 0.3 is 6.09 Å². The van der Waals surface area contributed by atoms with Gasteiger partial charge in [-0.15, -0.1) is 0 Å². The molecule has 1 fully saturated rings. The first-order valence-corrected chi connectivity index (χ1v) is 5.76. The second-order valence-corrected chi connectivity index (χ2v) is 4.44. The normalized spacial score (nSPS) is 26.5. The minimum atomic E-state index is -0.640. The van der Waals surface area contributed by atoms with E-state index in [2.05, 4.69) is 0 Å². The van der Waals surface area contributed by atoms with Crippen LogP contribution in [0.15, 0.2) is 30.3 Å². The average Bonchev–Trinajstić information content (AvgIpc) is 2.33. The molecule has 2 rings (SSSR count).